The van der Waals surface area contributed by atoms with Crippen molar-refractivity contribution >= 4 is 29.7 Å². The van der Waals surface area contributed by atoms with Gasteiger partial charge in [0, 0.05) is 17.9 Å². The van der Waals surface area contributed by atoms with Gasteiger partial charge >= 0.3 is 0 Å². The van der Waals surface area contributed by atoms with Gasteiger partial charge in [0.05, 0.1) is 13.5 Å². The van der Waals surface area contributed by atoms with Crippen molar-refractivity contribution in [2.45, 2.75) is 19.3 Å². The fourth-order valence-electron chi connectivity index (χ4n) is 2.92. The first-order valence-corrected chi connectivity index (χ1v) is 7.49. The summed E-state index contributed by atoms with van der Waals surface area (Å²) in [5.74, 6) is 0.906. The van der Waals surface area contributed by atoms with E-state index in [2.05, 4.69) is 0 Å². The summed E-state index contributed by atoms with van der Waals surface area (Å²) < 4.78 is 5.14. The molecule has 0 fully saturated rings. The SMILES string of the molecule is COc1ccc(CC(=O)N2CCCc3c(N)cccc32)cc1.Cl. The van der Waals surface area contributed by atoms with Gasteiger partial charge in [-0.15, -0.1) is 12.4 Å². The van der Waals surface area contributed by atoms with Crippen molar-refractivity contribution < 1.29 is 9.53 Å². The largest absolute Gasteiger partial charge is 0.497 e. The molecule has 1 aliphatic heterocycles. The van der Waals surface area contributed by atoms with Crippen LogP contribution in [0.3, 0.4) is 0 Å². The Labute approximate surface area is 142 Å². The van der Waals surface area contributed by atoms with E-state index in [4.69, 9.17) is 10.5 Å². The molecule has 0 saturated carbocycles. The van der Waals surface area contributed by atoms with Crippen molar-refractivity contribution in [3.05, 3.63) is 53.6 Å². The zero-order valence-corrected chi connectivity index (χ0v) is 13.9. The first-order chi connectivity index (χ1) is 10.7. The lowest BCUT2D eigenvalue weighted by molar-refractivity contribution is -0.118. The summed E-state index contributed by atoms with van der Waals surface area (Å²) in [7, 11) is 1.63. The standard InChI is InChI=1S/C18H20N2O2.ClH/c1-22-14-9-7-13(8-10-14)12-18(21)20-11-3-4-15-16(19)5-2-6-17(15)20;/h2,5-10H,3-4,11-12,19H2,1H3;1H. The molecule has 0 spiro atoms. The summed E-state index contributed by atoms with van der Waals surface area (Å²) in [5.41, 5.74) is 9.86. The van der Waals surface area contributed by atoms with Crippen LogP contribution in [0, 0.1) is 0 Å². The monoisotopic (exact) mass is 332 g/mol. The van der Waals surface area contributed by atoms with Crippen LogP contribution in [0.25, 0.3) is 0 Å². The number of halogens is 1. The molecule has 0 aliphatic carbocycles. The fraction of sp³-hybridized carbons (Fsp3) is 0.278. The Kier molecular flexibility index (Phi) is 5.50. The molecule has 2 aromatic carbocycles. The molecular formula is C18H21ClN2O2. The van der Waals surface area contributed by atoms with Crippen LogP contribution in [0.4, 0.5) is 11.4 Å². The Morgan fingerprint density at radius 1 is 1.22 bits per heavy atom. The first kappa shape index (κ1) is 17.2. The summed E-state index contributed by atoms with van der Waals surface area (Å²) in [5, 5.41) is 0. The Bertz CT molecular complexity index is 686. The number of benzene rings is 2. The summed E-state index contributed by atoms with van der Waals surface area (Å²) >= 11 is 0. The van der Waals surface area contributed by atoms with Crippen molar-refractivity contribution in [3.8, 4) is 5.75 Å². The summed E-state index contributed by atoms with van der Waals surface area (Å²) in [6.07, 6.45) is 2.28. The molecule has 5 heteroatoms. The molecule has 1 heterocycles. The van der Waals surface area contributed by atoms with E-state index in [1.165, 1.54) is 0 Å². The summed E-state index contributed by atoms with van der Waals surface area (Å²) in [4.78, 5) is 14.5. The Morgan fingerprint density at radius 2 is 1.96 bits per heavy atom. The number of hydrogen-bond acceptors (Lipinski definition) is 3. The average molecular weight is 333 g/mol. The smallest absolute Gasteiger partial charge is 0.231 e. The third-order valence-corrected chi connectivity index (χ3v) is 4.10. The van der Waals surface area contributed by atoms with Gasteiger partial charge in [-0.3, -0.25) is 4.79 Å². The molecule has 0 unspecified atom stereocenters. The average Bonchev–Trinajstić information content (AvgIpc) is 2.55. The van der Waals surface area contributed by atoms with Crippen molar-refractivity contribution in [3.63, 3.8) is 0 Å². The fourth-order valence-corrected chi connectivity index (χ4v) is 2.92. The Balaban J connectivity index is 0.00000192. The van der Waals surface area contributed by atoms with Crippen molar-refractivity contribution in [2.24, 2.45) is 0 Å². The highest BCUT2D eigenvalue weighted by Crippen LogP contribution is 2.31. The quantitative estimate of drug-likeness (QED) is 0.878. The number of nitrogen functional groups attached to an aromatic ring is 1. The third-order valence-electron chi connectivity index (χ3n) is 4.10. The number of anilines is 2. The van der Waals surface area contributed by atoms with E-state index in [9.17, 15) is 4.79 Å². The molecule has 0 saturated heterocycles. The minimum Gasteiger partial charge on any atom is -0.497 e. The molecule has 0 bridgehead atoms. The maximum absolute atomic E-state index is 12.6. The number of amides is 1. The topological polar surface area (TPSA) is 55.6 Å². The number of rotatable bonds is 3. The number of carbonyl (C=O) groups is 1. The summed E-state index contributed by atoms with van der Waals surface area (Å²) in [6.45, 7) is 0.755. The van der Waals surface area contributed by atoms with Gasteiger partial charge in [0.25, 0.3) is 0 Å². The number of carbonyl (C=O) groups excluding carboxylic acids is 1. The molecule has 4 nitrogen and oxygen atoms in total. The molecule has 122 valence electrons. The van der Waals surface area contributed by atoms with E-state index < -0.39 is 0 Å². The first-order valence-electron chi connectivity index (χ1n) is 7.49. The normalized spacial score (nSPS) is 13.0. The molecular weight excluding hydrogens is 312 g/mol. The van der Waals surface area contributed by atoms with E-state index in [0.717, 1.165) is 47.6 Å². The maximum atomic E-state index is 12.6. The second-order valence-electron chi connectivity index (χ2n) is 5.52. The van der Waals surface area contributed by atoms with Crippen LogP contribution in [0.1, 0.15) is 17.5 Å². The molecule has 1 aliphatic rings. The minimum atomic E-state index is 0. The molecule has 0 atom stereocenters. The molecule has 0 aromatic heterocycles. The predicted octanol–water partition coefficient (Wildman–Crippen LogP) is 3.22. The predicted molar refractivity (Wildman–Crippen MR) is 95.5 cm³/mol. The van der Waals surface area contributed by atoms with Crippen LogP contribution in [0.2, 0.25) is 0 Å². The van der Waals surface area contributed by atoms with Gasteiger partial charge in [-0.2, -0.15) is 0 Å². The minimum absolute atomic E-state index is 0. The van der Waals surface area contributed by atoms with Crippen molar-refractivity contribution in [1.29, 1.82) is 0 Å². The second-order valence-corrected chi connectivity index (χ2v) is 5.52. The van der Waals surface area contributed by atoms with Gasteiger partial charge in [-0.25, -0.2) is 0 Å². The van der Waals surface area contributed by atoms with Crippen LogP contribution in [0.15, 0.2) is 42.5 Å². The van der Waals surface area contributed by atoms with Crippen LogP contribution < -0.4 is 15.4 Å². The highest BCUT2D eigenvalue weighted by Gasteiger charge is 2.23. The van der Waals surface area contributed by atoms with Crippen LogP contribution in [0.5, 0.6) is 5.75 Å². The number of methoxy groups -OCH3 is 1. The van der Waals surface area contributed by atoms with Gasteiger partial charge in [-0.05, 0) is 48.2 Å². The van der Waals surface area contributed by atoms with Gasteiger partial charge in [0.1, 0.15) is 5.75 Å². The van der Waals surface area contributed by atoms with Crippen LogP contribution in [-0.2, 0) is 17.6 Å². The van der Waals surface area contributed by atoms with Gasteiger partial charge in [0.15, 0.2) is 0 Å². The number of ether oxygens (including phenoxy) is 1. The molecule has 23 heavy (non-hydrogen) atoms. The highest BCUT2D eigenvalue weighted by atomic mass is 35.5. The molecule has 1 amide bonds. The van der Waals surface area contributed by atoms with Crippen LogP contribution >= 0.6 is 12.4 Å². The van der Waals surface area contributed by atoms with Gasteiger partial charge < -0.3 is 15.4 Å². The van der Waals surface area contributed by atoms with E-state index in [0.29, 0.717) is 6.42 Å². The number of fused-ring (bicyclic) bond motifs is 1. The number of nitrogens with zero attached hydrogens (tertiary/aromatic N) is 1. The third kappa shape index (κ3) is 3.59. The Morgan fingerprint density at radius 3 is 2.65 bits per heavy atom. The van der Waals surface area contributed by atoms with E-state index in [1.807, 2.05) is 47.4 Å². The van der Waals surface area contributed by atoms with E-state index in [-0.39, 0.29) is 18.3 Å². The Hall–Kier alpha value is -2.20. The zero-order chi connectivity index (χ0) is 15.5. The second kappa shape index (κ2) is 7.38. The zero-order valence-electron chi connectivity index (χ0n) is 13.1. The lowest BCUT2D eigenvalue weighted by Crippen LogP contribution is -2.36. The van der Waals surface area contributed by atoms with Crippen molar-refractivity contribution in [1.82, 2.24) is 0 Å². The van der Waals surface area contributed by atoms with Crippen LogP contribution in [-0.4, -0.2) is 19.6 Å². The lowest BCUT2D eigenvalue weighted by Gasteiger charge is -2.30. The molecule has 2 N–H and O–H groups in total. The lowest BCUT2D eigenvalue weighted by atomic mass is 9.99. The summed E-state index contributed by atoms with van der Waals surface area (Å²) in [6, 6.07) is 13.4. The maximum Gasteiger partial charge on any atom is 0.231 e. The number of hydrogen-bond donors (Lipinski definition) is 1. The van der Waals surface area contributed by atoms with E-state index >= 15 is 0 Å². The van der Waals surface area contributed by atoms with Gasteiger partial charge in [0.2, 0.25) is 5.91 Å². The number of nitrogens with two attached hydrogens (primary N) is 1. The molecule has 2 aromatic rings. The highest BCUT2D eigenvalue weighted by molar-refractivity contribution is 5.96. The molecule has 0 radical (unpaired) electrons. The molecule has 3 rings (SSSR count). The van der Waals surface area contributed by atoms with E-state index in [1.54, 1.807) is 7.11 Å². The van der Waals surface area contributed by atoms with Gasteiger partial charge in [-0.1, -0.05) is 18.2 Å². The van der Waals surface area contributed by atoms with Crippen molar-refractivity contribution in [2.75, 3.05) is 24.3 Å².